The smallest absolute Gasteiger partial charge is 0.285 e. The Morgan fingerprint density at radius 3 is 2.81 bits per heavy atom. The fourth-order valence-electron chi connectivity index (χ4n) is 1.80. The molecule has 0 radical (unpaired) electrons. The van der Waals surface area contributed by atoms with Crippen LogP contribution in [0.15, 0.2) is 34.9 Å². The Labute approximate surface area is 118 Å². The molecule has 8 heteroatoms. The van der Waals surface area contributed by atoms with Gasteiger partial charge in [0.25, 0.3) is 11.6 Å². The number of nitro groups is 1. The van der Waals surface area contributed by atoms with E-state index in [1.165, 1.54) is 6.26 Å². The van der Waals surface area contributed by atoms with Crippen molar-refractivity contribution in [3.8, 4) is 0 Å². The minimum atomic E-state index is -0.947. The predicted molar refractivity (Wildman–Crippen MR) is 72.1 cm³/mol. The molecular weight excluding hydrogens is 281 g/mol. The summed E-state index contributed by atoms with van der Waals surface area (Å²) in [6.45, 7) is 1.65. The van der Waals surface area contributed by atoms with Gasteiger partial charge in [-0.1, -0.05) is 0 Å². The van der Waals surface area contributed by atoms with Crippen molar-refractivity contribution in [1.29, 1.82) is 0 Å². The maximum absolute atomic E-state index is 13.3. The standard InChI is InChI=1S/C13H12FN3O4/c1-7(12-3-2-4-21-12)16-13(18)8-5-10(15)9(14)6-11(8)17(19)20/h2-7H,15H2,1H3,(H,16,18). The summed E-state index contributed by atoms with van der Waals surface area (Å²) in [7, 11) is 0. The molecule has 1 aromatic heterocycles. The van der Waals surface area contributed by atoms with Crippen LogP contribution in [0.4, 0.5) is 15.8 Å². The lowest BCUT2D eigenvalue weighted by atomic mass is 10.1. The van der Waals surface area contributed by atoms with Crippen LogP contribution in [0, 0.1) is 15.9 Å². The van der Waals surface area contributed by atoms with Gasteiger partial charge in [-0.15, -0.1) is 0 Å². The number of nitrogens with zero attached hydrogens (tertiary/aromatic N) is 1. The topological polar surface area (TPSA) is 111 Å². The van der Waals surface area contributed by atoms with Gasteiger partial charge in [0.2, 0.25) is 0 Å². The molecule has 1 unspecified atom stereocenters. The van der Waals surface area contributed by atoms with Gasteiger partial charge in [-0.2, -0.15) is 0 Å². The van der Waals surface area contributed by atoms with E-state index in [0.717, 1.165) is 6.07 Å². The number of nitrogens with one attached hydrogen (secondary N) is 1. The van der Waals surface area contributed by atoms with Crippen molar-refractivity contribution in [2.75, 3.05) is 5.73 Å². The predicted octanol–water partition coefficient (Wildman–Crippen LogP) is 2.40. The summed E-state index contributed by atoms with van der Waals surface area (Å²) in [5.41, 5.74) is 4.06. The third-order valence-corrected chi connectivity index (χ3v) is 2.87. The van der Waals surface area contributed by atoms with Crippen LogP contribution >= 0.6 is 0 Å². The number of hydrogen-bond donors (Lipinski definition) is 2. The summed E-state index contributed by atoms with van der Waals surface area (Å²) in [5, 5.41) is 13.4. The van der Waals surface area contributed by atoms with Crippen LogP contribution in [-0.2, 0) is 0 Å². The first kappa shape index (κ1) is 14.5. The van der Waals surface area contributed by atoms with Gasteiger partial charge in [0.05, 0.1) is 29.0 Å². The third-order valence-electron chi connectivity index (χ3n) is 2.87. The van der Waals surface area contributed by atoms with Crippen molar-refractivity contribution < 1.29 is 18.5 Å². The maximum Gasteiger partial charge on any atom is 0.285 e. The van der Waals surface area contributed by atoms with E-state index in [1.54, 1.807) is 19.1 Å². The molecule has 1 aromatic carbocycles. The Bertz CT molecular complexity index is 685. The lowest BCUT2D eigenvalue weighted by Gasteiger charge is -2.12. The second-order valence-corrected chi connectivity index (χ2v) is 4.36. The molecule has 1 amide bonds. The average molecular weight is 293 g/mol. The fourth-order valence-corrected chi connectivity index (χ4v) is 1.80. The molecule has 0 aliphatic carbocycles. The molecule has 0 saturated carbocycles. The van der Waals surface area contributed by atoms with Gasteiger partial charge in [-0.25, -0.2) is 4.39 Å². The molecule has 2 rings (SSSR count). The second-order valence-electron chi connectivity index (χ2n) is 4.36. The van der Waals surface area contributed by atoms with Crippen molar-refractivity contribution in [3.63, 3.8) is 0 Å². The first-order chi connectivity index (χ1) is 9.90. The van der Waals surface area contributed by atoms with Crippen molar-refractivity contribution in [3.05, 3.63) is 57.8 Å². The number of carbonyl (C=O) groups is 1. The quantitative estimate of drug-likeness (QED) is 0.510. The number of furan rings is 1. The molecule has 1 heterocycles. The van der Waals surface area contributed by atoms with E-state index in [-0.39, 0.29) is 11.3 Å². The summed E-state index contributed by atoms with van der Waals surface area (Å²) in [5.74, 6) is -1.20. The van der Waals surface area contributed by atoms with Crippen LogP contribution in [0.5, 0.6) is 0 Å². The highest BCUT2D eigenvalue weighted by Gasteiger charge is 2.24. The Balaban J connectivity index is 2.30. The zero-order chi connectivity index (χ0) is 15.6. The van der Waals surface area contributed by atoms with Crippen molar-refractivity contribution in [2.45, 2.75) is 13.0 Å². The highest BCUT2D eigenvalue weighted by molar-refractivity contribution is 5.99. The van der Waals surface area contributed by atoms with Crippen LogP contribution in [0.3, 0.4) is 0 Å². The zero-order valence-electron chi connectivity index (χ0n) is 11.0. The van der Waals surface area contributed by atoms with Gasteiger partial charge in [0.15, 0.2) is 5.82 Å². The summed E-state index contributed by atoms with van der Waals surface area (Å²) in [6, 6.07) is 4.37. The minimum absolute atomic E-state index is 0.308. The van der Waals surface area contributed by atoms with E-state index in [2.05, 4.69) is 5.32 Å². The molecule has 7 nitrogen and oxygen atoms in total. The summed E-state index contributed by atoms with van der Waals surface area (Å²) in [4.78, 5) is 22.2. The maximum atomic E-state index is 13.3. The van der Waals surface area contributed by atoms with Crippen LogP contribution < -0.4 is 11.1 Å². The van der Waals surface area contributed by atoms with Crippen LogP contribution in [0.2, 0.25) is 0 Å². The van der Waals surface area contributed by atoms with E-state index in [9.17, 15) is 19.3 Å². The van der Waals surface area contributed by atoms with Gasteiger partial charge in [0.1, 0.15) is 11.3 Å². The van der Waals surface area contributed by atoms with E-state index < -0.39 is 28.4 Å². The number of benzene rings is 1. The van der Waals surface area contributed by atoms with E-state index in [4.69, 9.17) is 10.2 Å². The molecule has 1 atom stereocenters. The van der Waals surface area contributed by atoms with Crippen LogP contribution in [0.25, 0.3) is 0 Å². The Hall–Kier alpha value is -2.90. The molecule has 0 aliphatic rings. The molecule has 0 spiro atoms. The molecule has 3 N–H and O–H groups in total. The van der Waals surface area contributed by atoms with Crippen LogP contribution in [0.1, 0.15) is 29.1 Å². The third kappa shape index (κ3) is 2.99. The highest BCUT2D eigenvalue weighted by Crippen LogP contribution is 2.25. The lowest BCUT2D eigenvalue weighted by molar-refractivity contribution is -0.385. The Morgan fingerprint density at radius 1 is 1.52 bits per heavy atom. The molecule has 0 bridgehead atoms. The molecule has 0 fully saturated rings. The number of carbonyl (C=O) groups excluding carboxylic acids is 1. The van der Waals surface area contributed by atoms with E-state index in [1.807, 2.05) is 0 Å². The van der Waals surface area contributed by atoms with Crippen molar-refractivity contribution in [1.82, 2.24) is 5.32 Å². The first-order valence-electron chi connectivity index (χ1n) is 5.98. The SMILES string of the molecule is CC(NC(=O)c1cc(N)c(F)cc1[N+](=O)[O-])c1ccco1. The van der Waals surface area contributed by atoms with E-state index >= 15 is 0 Å². The largest absolute Gasteiger partial charge is 0.467 e. The number of amides is 1. The average Bonchev–Trinajstić information content (AvgIpc) is 2.95. The number of halogens is 1. The van der Waals surface area contributed by atoms with Gasteiger partial charge < -0.3 is 15.5 Å². The van der Waals surface area contributed by atoms with Crippen molar-refractivity contribution >= 4 is 17.3 Å². The zero-order valence-corrected chi connectivity index (χ0v) is 11.0. The van der Waals surface area contributed by atoms with Crippen LogP contribution in [-0.4, -0.2) is 10.8 Å². The molecule has 21 heavy (non-hydrogen) atoms. The van der Waals surface area contributed by atoms with Crippen molar-refractivity contribution in [2.24, 2.45) is 0 Å². The minimum Gasteiger partial charge on any atom is -0.467 e. The summed E-state index contributed by atoms with van der Waals surface area (Å²) < 4.78 is 18.4. The normalized spacial score (nSPS) is 11.9. The second kappa shape index (κ2) is 5.61. The molecular formula is C13H12FN3O4. The fraction of sp³-hybridized carbons (Fsp3) is 0.154. The molecule has 0 aliphatic heterocycles. The number of rotatable bonds is 4. The van der Waals surface area contributed by atoms with Gasteiger partial charge in [-0.05, 0) is 25.1 Å². The highest BCUT2D eigenvalue weighted by atomic mass is 19.1. The molecule has 110 valence electrons. The van der Waals surface area contributed by atoms with E-state index in [0.29, 0.717) is 11.8 Å². The molecule has 0 saturated heterocycles. The van der Waals surface area contributed by atoms with Gasteiger partial charge in [0, 0.05) is 0 Å². The number of nitrogens with two attached hydrogens (primary N) is 1. The number of hydrogen-bond acceptors (Lipinski definition) is 5. The number of nitro benzene ring substituents is 1. The summed E-state index contributed by atoms with van der Waals surface area (Å²) in [6.07, 6.45) is 1.44. The monoisotopic (exact) mass is 293 g/mol. The number of anilines is 1. The summed E-state index contributed by atoms with van der Waals surface area (Å²) >= 11 is 0. The Kier molecular flexibility index (Phi) is 3.88. The van der Waals surface area contributed by atoms with Gasteiger partial charge >= 0.3 is 0 Å². The number of nitrogen functional groups attached to an aromatic ring is 1. The first-order valence-corrected chi connectivity index (χ1v) is 5.98. The van der Waals surface area contributed by atoms with Gasteiger partial charge in [-0.3, -0.25) is 14.9 Å². The Morgan fingerprint density at radius 2 is 2.24 bits per heavy atom. The molecule has 2 aromatic rings. The lowest BCUT2D eigenvalue weighted by Crippen LogP contribution is -2.27.